The van der Waals surface area contributed by atoms with Gasteiger partial charge in [-0.3, -0.25) is 4.57 Å². The molecule has 9 heteroatoms. The second kappa shape index (κ2) is 8.33. The Hall–Kier alpha value is -2.39. The van der Waals surface area contributed by atoms with E-state index in [1.165, 1.54) is 17.3 Å². The van der Waals surface area contributed by atoms with Crippen LogP contribution >= 0.6 is 11.8 Å². The molecule has 3 aromatic rings. The van der Waals surface area contributed by atoms with Crippen molar-refractivity contribution < 1.29 is 9.15 Å². The van der Waals surface area contributed by atoms with Gasteiger partial charge in [-0.2, -0.15) is 0 Å². The van der Waals surface area contributed by atoms with E-state index in [4.69, 9.17) is 9.15 Å². The quantitative estimate of drug-likeness (QED) is 0.477. The summed E-state index contributed by atoms with van der Waals surface area (Å²) in [4.78, 5) is 11.9. The van der Waals surface area contributed by atoms with Crippen molar-refractivity contribution in [2.24, 2.45) is 0 Å². The van der Waals surface area contributed by atoms with Crippen molar-refractivity contribution in [3.05, 3.63) is 46.2 Å². The molecule has 138 valence electrons. The second-order valence-electron chi connectivity index (χ2n) is 5.88. The first-order valence-corrected chi connectivity index (χ1v) is 9.17. The first-order valence-electron chi connectivity index (χ1n) is 8.29. The predicted octanol–water partition coefficient (Wildman–Crippen LogP) is 2.82. The lowest BCUT2D eigenvalue weighted by Crippen LogP contribution is -2.18. The van der Waals surface area contributed by atoms with Crippen molar-refractivity contribution in [3.63, 3.8) is 0 Å². The van der Waals surface area contributed by atoms with E-state index in [0.29, 0.717) is 30.1 Å². The van der Waals surface area contributed by atoms with Gasteiger partial charge in [-0.25, -0.2) is 9.89 Å². The second-order valence-corrected chi connectivity index (χ2v) is 7.19. The number of hydrogen-bond acceptors (Lipinski definition) is 7. The molecule has 3 rings (SSSR count). The zero-order chi connectivity index (χ0) is 18.5. The lowest BCUT2D eigenvalue weighted by molar-refractivity contribution is 0.189. The Balaban J connectivity index is 1.72. The first kappa shape index (κ1) is 18.4. The Bertz CT molecular complexity index is 900. The number of thioether (sulfide) groups is 1. The van der Waals surface area contributed by atoms with Gasteiger partial charge in [0.1, 0.15) is 0 Å². The standard InChI is InChI=1S/C17H21N5O3S/c1-11-5-7-13(8-6-11)15-19-18-14(25-15)12(2)26-17-21-20-16(23)22(17)9-4-10-24-3/h5-8,12H,4,9-10H2,1-3H3,(H,20,23). The molecule has 1 atom stereocenters. The fraction of sp³-hybridized carbons (Fsp3) is 0.412. The Kier molecular flexibility index (Phi) is 5.89. The van der Waals surface area contributed by atoms with Crippen LogP contribution in [0.25, 0.3) is 11.5 Å². The summed E-state index contributed by atoms with van der Waals surface area (Å²) in [7, 11) is 1.64. The highest BCUT2D eigenvalue weighted by Crippen LogP contribution is 2.33. The number of methoxy groups -OCH3 is 1. The van der Waals surface area contributed by atoms with Crippen molar-refractivity contribution in [1.29, 1.82) is 0 Å². The lowest BCUT2D eigenvalue weighted by atomic mass is 10.1. The SMILES string of the molecule is COCCCn1c(SC(C)c2nnc(-c3ccc(C)cc3)o2)n[nH]c1=O. The molecule has 0 bridgehead atoms. The molecule has 1 aromatic carbocycles. The maximum atomic E-state index is 11.9. The molecule has 8 nitrogen and oxygen atoms in total. The van der Waals surface area contributed by atoms with Crippen molar-refractivity contribution in [2.45, 2.75) is 37.2 Å². The molecular weight excluding hydrogens is 354 g/mol. The molecule has 0 spiro atoms. The van der Waals surface area contributed by atoms with Crippen LogP contribution in [0, 0.1) is 6.92 Å². The summed E-state index contributed by atoms with van der Waals surface area (Å²) in [6, 6.07) is 7.90. The highest BCUT2D eigenvalue weighted by atomic mass is 32.2. The number of aromatic nitrogens is 5. The van der Waals surface area contributed by atoms with Crippen LogP contribution in [0.3, 0.4) is 0 Å². The number of H-pyrrole nitrogens is 1. The maximum Gasteiger partial charge on any atom is 0.343 e. The van der Waals surface area contributed by atoms with Crippen LogP contribution in [-0.2, 0) is 11.3 Å². The zero-order valence-corrected chi connectivity index (χ0v) is 15.7. The van der Waals surface area contributed by atoms with Crippen molar-refractivity contribution >= 4 is 11.8 Å². The average Bonchev–Trinajstić information content (AvgIpc) is 3.25. The number of aromatic amines is 1. The molecule has 2 aromatic heterocycles. The van der Waals surface area contributed by atoms with E-state index in [0.717, 1.165) is 12.0 Å². The minimum Gasteiger partial charge on any atom is -0.419 e. The number of nitrogens with zero attached hydrogens (tertiary/aromatic N) is 4. The van der Waals surface area contributed by atoms with E-state index in [2.05, 4.69) is 20.4 Å². The van der Waals surface area contributed by atoms with Crippen LogP contribution in [0.15, 0.2) is 38.6 Å². The number of ether oxygens (including phenoxy) is 1. The van der Waals surface area contributed by atoms with E-state index < -0.39 is 0 Å². The summed E-state index contributed by atoms with van der Waals surface area (Å²) < 4.78 is 12.4. The number of benzene rings is 1. The molecule has 1 N–H and O–H groups in total. The fourth-order valence-corrected chi connectivity index (χ4v) is 3.29. The summed E-state index contributed by atoms with van der Waals surface area (Å²) in [6.45, 7) is 5.09. The molecule has 0 aliphatic heterocycles. The number of nitrogens with one attached hydrogen (secondary N) is 1. The zero-order valence-electron chi connectivity index (χ0n) is 14.9. The van der Waals surface area contributed by atoms with Crippen LogP contribution < -0.4 is 5.69 Å². The summed E-state index contributed by atoms with van der Waals surface area (Å²) in [5.41, 5.74) is 1.81. The highest BCUT2D eigenvalue weighted by molar-refractivity contribution is 7.99. The van der Waals surface area contributed by atoms with E-state index in [-0.39, 0.29) is 10.9 Å². The summed E-state index contributed by atoms with van der Waals surface area (Å²) in [5, 5.41) is 15.3. The molecule has 0 fully saturated rings. The van der Waals surface area contributed by atoms with Gasteiger partial charge >= 0.3 is 5.69 Å². The van der Waals surface area contributed by atoms with Crippen LogP contribution in [0.2, 0.25) is 0 Å². The molecular formula is C17H21N5O3S. The molecule has 1 unspecified atom stereocenters. The van der Waals surface area contributed by atoms with Crippen molar-refractivity contribution in [2.75, 3.05) is 13.7 Å². The van der Waals surface area contributed by atoms with Crippen LogP contribution in [0.1, 0.15) is 30.0 Å². The van der Waals surface area contributed by atoms with E-state index in [1.807, 2.05) is 38.1 Å². The molecule has 26 heavy (non-hydrogen) atoms. The van der Waals surface area contributed by atoms with Gasteiger partial charge in [0.25, 0.3) is 0 Å². The monoisotopic (exact) mass is 375 g/mol. The predicted molar refractivity (Wildman–Crippen MR) is 98.1 cm³/mol. The summed E-state index contributed by atoms with van der Waals surface area (Å²) >= 11 is 1.40. The molecule has 2 heterocycles. The van der Waals surface area contributed by atoms with Gasteiger partial charge in [-0.15, -0.1) is 15.3 Å². The van der Waals surface area contributed by atoms with E-state index in [1.54, 1.807) is 11.7 Å². The first-order chi connectivity index (χ1) is 12.6. The summed E-state index contributed by atoms with van der Waals surface area (Å²) in [5.74, 6) is 0.969. The molecule has 0 amide bonds. The summed E-state index contributed by atoms with van der Waals surface area (Å²) in [6.07, 6.45) is 0.732. The topological polar surface area (TPSA) is 98.8 Å². The number of aryl methyl sites for hydroxylation is 1. The van der Waals surface area contributed by atoms with Crippen molar-refractivity contribution in [1.82, 2.24) is 25.0 Å². The Morgan fingerprint density at radius 3 is 2.81 bits per heavy atom. The molecule has 0 saturated carbocycles. The highest BCUT2D eigenvalue weighted by Gasteiger charge is 2.20. The van der Waals surface area contributed by atoms with E-state index >= 15 is 0 Å². The van der Waals surface area contributed by atoms with Gasteiger partial charge in [0.15, 0.2) is 5.16 Å². The van der Waals surface area contributed by atoms with Gasteiger partial charge in [-0.05, 0) is 32.4 Å². The molecule has 0 saturated heterocycles. The molecule has 0 aliphatic carbocycles. The van der Waals surface area contributed by atoms with Gasteiger partial charge < -0.3 is 9.15 Å². The molecule has 0 radical (unpaired) electrons. The Labute approximate surface area is 155 Å². The fourth-order valence-electron chi connectivity index (χ4n) is 2.38. The third-order valence-corrected chi connectivity index (χ3v) is 4.90. The van der Waals surface area contributed by atoms with Gasteiger partial charge in [-0.1, -0.05) is 29.5 Å². The van der Waals surface area contributed by atoms with E-state index in [9.17, 15) is 4.79 Å². The van der Waals surface area contributed by atoms with Crippen LogP contribution in [-0.4, -0.2) is 38.7 Å². The Morgan fingerprint density at radius 2 is 2.08 bits per heavy atom. The Morgan fingerprint density at radius 1 is 1.31 bits per heavy atom. The number of rotatable bonds is 8. The van der Waals surface area contributed by atoms with Gasteiger partial charge in [0.05, 0.1) is 5.25 Å². The van der Waals surface area contributed by atoms with Crippen LogP contribution in [0.5, 0.6) is 0 Å². The number of hydrogen-bond donors (Lipinski definition) is 1. The van der Waals surface area contributed by atoms with Crippen molar-refractivity contribution in [3.8, 4) is 11.5 Å². The average molecular weight is 375 g/mol. The van der Waals surface area contributed by atoms with Gasteiger partial charge in [0.2, 0.25) is 11.8 Å². The lowest BCUT2D eigenvalue weighted by Gasteiger charge is -2.08. The third kappa shape index (κ3) is 4.23. The van der Waals surface area contributed by atoms with Gasteiger partial charge in [0, 0.05) is 25.8 Å². The minimum atomic E-state index is -0.235. The molecule has 0 aliphatic rings. The normalized spacial score (nSPS) is 12.4. The maximum absolute atomic E-state index is 11.9. The minimum absolute atomic E-state index is 0.141. The smallest absolute Gasteiger partial charge is 0.343 e. The third-order valence-electron chi connectivity index (χ3n) is 3.82. The van der Waals surface area contributed by atoms with Crippen LogP contribution in [0.4, 0.5) is 0 Å². The largest absolute Gasteiger partial charge is 0.419 e.